The molecule has 2 saturated heterocycles. The quantitative estimate of drug-likeness (QED) is 0.586. The maximum absolute atomic E-state index is 11.3. The molecule has 12 heavy (non-hydrogen) atoms. The van der Waals surface area contributed by atoms with Gasteiger partial charge in [0.05, 0.1) is 0 Å². The topological polar surface area (TPSA) is 43.4 Å². The molecule has 69 valence electrons. The summed E-state index contributed by atoms with van der Waals surface area (Å²) >= 11 is 0. The molecule has 0 aromatic rings. The van der Waals surface area contributed by atoms with Crippen LogP contribution in [0.5, 0.6) is 0 Å². The first-order chi connectivity index (χ1) is 5.48. The molecular formula is C9H16NO2. The van der Waals surface area contributed by atoms with Gasteiger partial charge >= 0.3 is 0 Å². The number of rotatable bonds is 1. The van der Waals surface area contributed by atoms with Crippen LogP contribution in [0, 0.1) is 5.92 Å². The van der Waals surface area contributed by atoms with Crippen LogP contribution in [0.25, 0.3) is 0 Å². The molecule has 0 aromatic heterocycles. The van der Waals surface area contributed by atoms with Crippen LogP contribution in [-0.2, 0) is 5.11 Å². The Kier molecular flexibility index (Phi) is 1.72. The third-order valence-corrected chi connectivity index (χ3v) is 3.57. The van der Waals surface area contributed by atoms with E-state index in [4.69, 9.17) is 0 Å². The highest BCUT2D eigenvalue weighted by Gasteiger charge is 2.48. The molecule has 1 radical (unpaired) electrons. The van der Waals surface area contributed by atoms with E-state index in [1.807, 2.05) is 0 Å². The molecule has 3 rings (SSSR count). The summed E-state index contributed by atoms with van der Waals surface area (Å²) in [5.41, 5.74) is 0. The minimum Gasteiger partial charge on any atom is -0.363 e. The van der Waals surface area contributed by atoms with Gasteiger partial charge in [-0.05, 0) is 33.2 Å². The van der Waals surface area contributed by atoms with Crippen molar-refractivity contribution in [2.24, 2.45) is 5.92 Å². The number of nitrogens with zero attached hydrogens (tertiary/aromatic N) is 1. The molecule has 3 nitrogen and oxygen atoms in total. The van der Waals surface area contributed by atoms with Crippen molar-refractivity contribution < 1.29 is 10.2 Å². The van der Waals surface area contributed by atoms with Crippen LogP contribution in [0.3, 0.4) is 0 Å². The van der Waals surface area contributed by atoms with E-state index in [1.165, 1.54) is 13.3 Å². The molecular weight excluding hydrogens is 154 g/mol. The van der Waals surface area contributed by atoms with E-state index in [2.05, 4.69) is 11.9 Å². The highest BCUT2D eigenvalue weighted by molar-refractivity contribution is 5.00. The maximum Gasteiger partial charge on any atom is 0.199 e. The van der Waals surface area contributed by atoms with E-state index >= 15 is 0 Å². The summed E-state index contributed by atoms with van der Waals surface area (Å²) in [7, 11) is 2.11. The second-order valence-electron chi connectivity index (χ2n) is 4.43. The lowest BCUT2D eigenvalue weighted by Crippen LogP contribution is -2.61. The summed E-state index contributed by atoms with van der Waals surface area (Å²) in [5.74, 6) is -1.74. The van der Waals surface area contributed by atoms with Crippen molar-refractivity contribution in [2.75, 3.05) is 7.05 Å². The van der Waals surface area contributed by atoms with Crippen molar-refractivity contribution in [1.29, 1.82) is 0 Å². The summed E-state index contributed by atoms with van der Waals surface area (Å²) < 4.78 is 0. The highest BCUT2D eigenvalue weighted by atomic mass is 16.5. The molecule has 3 atom stereocenters. The SMILES string of the molecule is CN1C2CC1CC(C(C)([O])O)C2. The summed E-state index contributed by atoms with van der Waals surface area (Å²) in [6, 6.07) is 1.13. The molecule has 1 N–H and O–H groups in total. The van der Waals surface area contributed by atoms with Crippen molar-refractivity contribution in [1.82, 2.24) is 4.90 Å². The van der Waals surface area contributed by atoms with Crippen LogP contribution in [0.15, 0.2) is 0 Å². The number of hydrogen-bond donors (Lipinski definition) is 1. The van der Waals surface area contributed by atoms with Crippen molar-refractivity contribution >= 4 is 0 Å². The van der Waals surface area contributed by atoms with Gasteiger partial charge in [0.15, 0.2) is 5.79 Å². The lowest BCUT2D eigenvalue weighted by Gasteiger charge is -2.55. The van der Waals surface area contributed by atoms with Crippen LogP contribution in [0.2, 0.25) is 0 Å². The smallest absolute Gasteiger partial charge is 0.199 e. The van der Waals surface area contributed by atoms with Crippen LogP contribution in [-0.4, -0.2) is 34.9 Å². The van der Waals surface area contributed by atoms with Gasteiger partial charge in [0.1, 0.15) is 0 Å². The minimum absolute atomic E-state index is 0.0301. The normalized spacial score (nSPS) is 42.5. The maximum atomic E-state index is 11.3. The first kappa shape index (κ1) is 8.48. The minimum atomic E-state index is -1.71. The fourth-order valence-electron chi connectivity index (χ4n) is 2.52. The average Bonchev–Trinajstić information content (AvgIpc) is 2.02. The molecule has 1 aliphatic carbocycles. The van der Waals surface area contributed by atoms with Crippen molar-refractivity contribution in [2.45, 2.75) is 44.1 Å². The zero-order chi connectivity index (χ0) is 8.93. The molecule has 0 aromatic carbocycles. The van der Waals surface area contributed by atoms with E-state index in [9.17, 15) is 10.2 Å². The zero-order valence-electron chi connectivity index (χ0n) is 7.66. The van der Waals surface area contributed by atoms with Gasteiger partial charge in [0.25, 0.3) is 0 Å². The Bertz CT molecular complexity index is 175. The van der Waals surface area contributed by atoms with Gasteiger partial charge in [-0.3, -0.25) is 0 Å². The summed E-state index contributed by atoms with van der Waals surface area (Å²) in [6.45, 7) is 1.39. The standard InChI is InChI=1S/C9H16NO2/c1-9(11,12)6-3-7-5-8(4-6)10(7)2/h6-8,11H,3-5H2,1-2H3. The van der Waals surface area contributed by atoms with E-state index in [0.717, 1.165) is 12.8 Å². The molecule has 1 saturated carbocycles. The van der Waals surface area contributed by atoms with Gasteiger partial charge in [-0.2, -0.15) is 5.11 Å². The van der Waals surface area contributed by atoms with Gasteiger partial charge in [-0.1, -0.05) is 0 Å². The lowest BCUT2D eigenvalue weighted by molar-refractivity contribution is -0.250. The van der Waals surface area contributed by atoms with E-state index < -0.39 is 5.79 Å². The molecule has 0 spiro atoms. The number of hydrogen-bond acceptors (Lipinski definition) is 2. The van der Waals surface area contributed by atoms with Crippen LogP contribution in [0.1, 0.15) is 26.2 Å². The average molecular weight is 170 g/mol. The Morgan fingerprint density at radius 2 is 1.83 bits per heavy atom. The molecule has 3 heteroatoms. The number of piperidine rings is 1. The largest absolute Gasteiger partial charge is 0.363 e. The first-order valence-corrected chi connectivity index (χ1v) is 4.63. The van der Waals surface area contributed by atoms with Gasteiger partial charge in [-0.25, -0.2) is 0 Å². The number of aliphatic hydroxyl groups is 1. The van der Waals surface area contributed by atoms with Crippen LogP contribution in [0.4, 0.5) is 0 Å². The van der Waals surface area contributed by atoms with Crippen LogP contribution < -0.4 is 0 Å². The molecule has 0 amide bonds. The lowest BCUT2D eigenvalue weighted by atomic mass is 9.71. The monoisotopic (exact) mass is 170 g/mol. The van der Waals surface area contributed by atoms with E-state index in [-0.39, 0.29) is 5.92 Å². The molecule has 3 fully saturated rings. The third kappa shape index (κ3) is 1.16. The van der Waals surface area contributed by atoms with E-state index in [0.29, 0.717) is 12.1 Å². The molecule has 3 aliphatic rings. The summed E-state index contributed by atoms with van der Waals surface area (Å²) in [4.78, 5) is 2.32. The zero-order valence-corrected chi connectivity index (χ0v) is 7.66. The van der Waals surface area contributed by atoms with Crippen molar-refractivity contribution in [3.05, 3.63) is 0 Å². The Morgan fingerprint density at radius 3 is 2.17 bits per heavy atom. The second kappa shape index (κ2) is 2.44. The summed E-state index contributed by atoms with van der Waals surface area (Å²) in [5, 5.41) is 20.6. The van der Waals surface area contributed by atoms with Gasteiger partial charge < -0.3 is 10.0 Å². The predicted molar refractivity (Wildman–Crippen MR) is 44.0 cm³/mol. The first-order valence-electron chi connectivity index (χ1n) is 4.63. The molecule has 2 bridgehead atoms. The van der Waals surface area contributed by atoms with Gasteiger partial charge in [0, 0.05) is 18.0 Å². The molecule has 3 unspecified atom stereocenters. The Morgan fingerprint density at radius 1 is 1.33 bits per heavy atom. The Labute approximate surface area is 73.0 Å². The fourth-order valence-corrected chi connectivity index (χ4v) is 2.52. The van der Waals surface area contributed by atoms with E-state index in [1.54, 1.807) is 0 Å². The fraction of sp³-hybridized carbons (Fsp3) is 1.00. The van der Waals surface area contributed by atoms with Gasteiger partial charge in [-0.15, -0.1) is 0 Å². The highest BCUT2D eigenvalue weighted by Crippen LogP contribution is 2.43. The second-order valence-corrected chi connectivity index (χ2v) is 4.43. The van der Waals surface area contributed by atoms with Crippen molar-refractivity contribution in [3.63, 3.8) is 0 Å². The van der Waals surface area contributed by atoms with Gasteiger partial charge in [0.2, 0.25) is 0 Å². The Hall–Kier alpha value is -0.120. The predicted octanol–water partition coefficient (Wildman–Crippen LogP) is 0.608. The number of fused-ring (bicyclic) bond motifs is 2. The molecule has 2 aliphatic heterocycles. The summed E-state index contributed by atoms with van der Waals surface area (Å²) in [6.07, 6.45) is 2.98. The van der Waals surface area contributed by atoms with Crippen molar-refractivity contribution in [3.8, 4) is 0 Å². The third-order valence-electron chi connectivity index (χ3n) is 3.57. The Balaban J connectivity index is 1.99. The van der Waals surface area contributed by atoms with Crippen LogP contribution >= 0.6 is 0 Å². The molecule has 2 heterocycles.